The largest absolute Gasteiger partial charge is 0.376 e. The average molecular weight is 505 g/mol. The third-order valence-corrected chi connectivity index (χ3v) is 6.21. The Labute approximate surface area is 219 Å². The monoisotopic (exact) mass is 504 g/mol. The van der Waals surface area contributed by atoms with Crippen LogP contribution < -0.4 is 0 Å². The molecule has 6 nitrogen and oxygen atoms in total. The van der Waals surface area contributed by atoms with E-state index in [2.05, 4.69) is 6.58 Å². The minimum Gasteiger partial charge on any atom is -0.376 e. The molecule has 5 atom stereocenters. The predicted octanol–water partition coefficient (Wildman–Crippen LogP) is 5.32. The Kier molecular flexibility index (Phi) is 10.9. The Morgan fingerprint density at radius 3 is 1.70 bits per heavy atom. The van der Waals surface area contributed by atoms with Gasteiger partial charge in [0.25, 0.3) is 0 Å². The molecule has 0 radical (unpaired) electrons. The molecule has 3 aromatic carbocycles. The van der Waals surface area contributed by atoms with Crippen LogP contribution in [0.3, 0.4) is 0 Å². The standard InChI is InChI=1S/C31H36O6/c1-3-19-34-31-30(36-22-26-17-11-6-12-18-26)29(35-21-25-15-9-5-10-16-25)28(32-2)27(37-31)23-33-20-24-13-7-4-8-14-24/h3-18,27-31H,1,19-23H2,2H3/t27-,28-,29+,30-,31+/m1/s1. The van der Waals surface area contributed by atoms with E-state index in [4.69, 9.17) is 28.4 Å². The zero-order chi connectivity index (χ0) is 25.7. The molecule has 0 N–H and O–H groups in total. The number of benzene rings is 3. The molecule has 0 amide bonds. The highest BCUT2D eigenvalue weighted by Crippen LogP contribution is 2.30. The van der Waals surface area contributed by atoms with Gasteiger partial charge >= 0.3 is 0 Å². The van der Waals surface area contributed by atoms with E-state index in [0.29, 0.717) is 33.0 Å². The van der Waals surface area contributed by atoms with Crippen LogP contribution in [-0.4, -0.2) is 51.0 Å². The van der Waals surface area contributed by atoms with Gasteiger partial charge in [-0.2, -0.15) is 0 Å². The molecule has 1 saturated heterocycles. The maximum absolute atomic E-state index is 6.49. The van der Waals surface area contributed by atoms with Crippen LogP contribution in [0.5, 0.6) is 0 Å². The summed E-state index contributed by atoms with van der Waals surface area (Å²) in [5, 5.41) is 0. The van der Waals surface area contributed by atoms with Crippen LogP contribution in [0.4, 0.5) is 0 Å². The van der Waals surface area contributed by atoms with Crippen LogP contribution in [0.15, 0.2) is 104 Å². The summed E-state index contributed by atoms with van der Waals surface area (Å²) < 4.78 is 37.3. The summed E-state index contributed by atoms with van der Waals surface area (Å²) in [6, 6.07) is 30.1. The van der Waals surface area contributed by atoms with Crippen molar-refractivity contribution in [1.82, 2.24) is 0 Å². The quantitative estimate of drug-likeness (QED) is 0.277. The van der Waals surface area contributed by atoms with Gasteiger partial charge in [0, 0.05) is 7.11 Å². The Hall–Kier alpha value is -2.84. The summed E-state index contributed by atoms with van der Waals surface area (Å²) in [7, 11) is 1.66. The van der Waals surface area contributed by atoms with Crippen molar-refractivity contribution in [2.45, 2.75) is 50.5 Å². The van der Waals surface area contributed by atoms with Crippen molar-refractivity contribution < 1.29 is 28.4 Å². The highest BCUT2D eigenvalue weighted by atomic mass is 16.7. The van der Waals surface area contributed by atoms with Gasteiger partial charge in [0.1, 0.15) is 24.4 Å². The van der Waals surface area contributed by atoms with Gasteiger partial charge in [0.15, 0.2) is 6.29 Å². The van der Waals surface area contributed by atoms with Crippen LogP contribution in [0, 0.1) is 0 Å². The van der Waals surface area contributed by atoms with E-state index in [1.54, 1.807) is 13.2 Å². The van der Waals surface area contributed by atoms with Gasteiger partial charge in [-0.1, -0.05) is 97.1 Å². The first-order chi connectivity index (χ1) is 18.3. The van der Waals surface area contributed by atoms with Crippen molar-refractivity contribution >= 4 is 0 Å². The SMILES string of the molecule is C=CCO[C@H]1O[C@H](COCc2ccccc2)[C@@H](OC)[C@H](OCc2ccccc2)[C@H]1OCc1ccccc1. The Balaban J connectivity index is 1.52. The third kappa shape index (κ3) is 8.07. The third-order valence-electron chi connectivity index (χ3n) is 6.21. The zero-order valence-corrected chi connectivity index (χ0v) is 21.3. The smallest absolute Gasteiger partial charge is 0.187 e. The van der Waals surface area contributed by atoms with Crippen LogP contribution in [0.2, 0.25) is 0 Å². The van der Waals surface area contributed by atoms with Crippen LogP contribution in [0.1, 0.15) is 16.7 Å². The molecule has 1 fully saturated rings. The lowest BCUT2D eigenvalue weighted by molar-refractivity contribution is -0.322. The first-order valence-electron chi connectivity index (χ1n) is 12.6. The van der Waals surface area contributed by atoms with Gasteiger partial charge in [0.2, 0.25) is 0 Å². The minimum absolute atomic E-state index is 0.316. The zero-order valence-electron chi connectivity index (χ0n) is 21.3. The lowest BCUT2D eigenvalue weighted by atomic mass is 9.98. The first kappa shape index (κ1) is 27.2. The van der Waals surface area contributed by atoms with Crippen molar-refractivity contribution in [3.8, 4) is 0 Å². The first-order valence-corrected chi connectivity index (χ1v) is 12.6. The molecule has 1 heterocycles. The summed E-state index contributed by atoms with van der Waals surface area (Å²) in [4.78, 5) is 0. The molecular formula is C31H36O6. The highest BCUT2D eigenvalue weighted by molar-refractivity contribution is 5.15. The molecule has 0 unspecified atom stereocenters. The van der Waals surface area contributed by atoms with Crippen LogP contribution in [-0.2, 0) is 48.2 Å². The summed E-state index contributed by atoms with van der Waals surface area (Å²) in [6.07, 6.45) is -0.813. The van der Waals surface area contributed by atoms with Gasteiger partial charge in [-0.05, 0) is 16.7 Å². The van der Waals surface area contributed by atoms with E-state index >= 15 is 0 Å². The molecule has 1 aliphatic rings. The Morgan fingerprint density at radius 1 is 0.676 bits per heavy atom. The van der Waals surface area contributed by atoms with Gasteiger partial charge in [0.05, 0.1) is 33.0 Å². The topological polar surface area (TPSA) is 55.4 Å². The van der Waals surface area contributed by atoms with E-state index in [0.717, 1.165) is 16.7 Å². The van der Waals surface area contributed by atoms with Crippen molar-refractivity contribution in [1.29, 1.82) is 0 Å². The molecule has 196 valence electrons. The second-order valence-corrected chi connectivity index (χ2v) is 8.89. The van der Waals surface area contributed by atoms with Gasteiger partial charge in [-0.15, -0.1) is 6.58 Å². The molecule has 4 rings (SSSR count). The molecule has 0 aromatic heterocycles. The average Bonchev–Trinajstić information content (AvgIpc) is 2.95. The molecule has 6 heteroatoms. The molecule has 1 aliphatic heterocycles. The lowest BCUT2D eigenvalue weighted by Crippen LogP contribution is -2.61. The molecule has 0 aliphatic carbocycles. The maximum Gasteiger partial charge on any atom is 0.187 e. The Morgan fingerprint density at radius 2 is 1.19 bits per heavy atom. The van der Waals surface area contributed by atoms with Crippen molar-refractivity contribution in [3.63, 3.8) is 0 Å². The van der Waals surface area contributed by atoms with E-state index in [1.165, 1.54) is 0 Å². The fraction of sp³-hybridized carbons (Fsp3) is 0.355. The summed E-state index contributed by atoms with van der Waals surface area (Å²) in [6.45, 7) is 5.69. The Bertz CT molecular complexity index is 1030. The number of hydrogen-bond acceptors (Lipinski definition) is 6. The molecule has 37 heavy (non-hydrogen) atoms. The number of rotatable bonds is 14. The van der Waals surface area contributed by atoms with Gasteiger partial charge in [-0.25, -0.2) is 0 Å². The molecule has 3 aromatic rings. The van der Waals surface area contributed by atoms with E-state index in [1.807, 2.05) is 91.0 Å². The highest BCUT2D eigenvalue weighted by Gasteiger charge is 2.48. The van der Waals surface area contributed by atoms with Crippen molar-refractivity contribution in [2.24, 2.45) is 0 Å². The van der Waals surface area contributed by atoms with E-state index in [-0.39, 0.29) is 0 Å². The number of hydrogen-bond donors (Lipinski definition) is 0. The summed E-state index contributed by atoms with van der Waals surface area (Å²) in [5.74, 6) is 0. The van der Waals surface area contributed by atoms with Crippen LogP contribution in [0.25, 0.3) is 0 Å². The normalized spacial score (nSPS) is 23.5. The molecular weight excluding hydrogens is 468 g/mol. The maximum atomic E-state index is 6.49. The summed E-state index contributed by atoms with van der Waals surface area (Å²) >= 11 is 0. The second-order valence-electron chi connectivity index (χ2n) is 8.89. The van der Waals surface area contributed by atoms with Gasteiger partial charge < -0.3 is 28.4 Å². The molecule has 0 bridgehead atoms. The van der Waals surface area contributed by atoms with Crippen LogP contribution >= 0.6 is 0 Å². The fourth-order valence-corrected chi connectivity index (χ4v) is 4.36. The molecule has 0 spiro atoms. The molecule has 0 saturated carbocycles. The van der Waals surface area contributed by atoms with E-state index < -0.39 is 30.7 Å². The van der Waals surface area contributed by atoms with Crippen molar-refractivity contribution in [2.75, 3.05) is 20.3 Å². The van der Waals surface area contributed by atoms with Gasteiger partial charge in [-0.3, -0.25) is 0 Å². The minimum atomic E-state index is -0.681. The van der Waals surface area contributed by atoms with E-state index in [9.17, 15) is 0 Å². The van der Waals surface area contributed by atoms with Crippen molar-refractivity contribution in [3.05, 3.63) is 120 Å². The lowest BCUT2D eigenvalue weighted by Gasteiger charge is -2.45. The number of ether oxygens (including phenoxy) is 6. The fourth-order valence-electron chi connectivity index (χ4n) is 4.36. The second kappa shape index (κ2) is 14.8. The summed E-state index contributed by atoms with van der Waals surface area (Å²) in [5.41, 5.74) is 3.20. The number of methoxy groups -OCH3 is 1. The predicted molar refractivity (Wildman–Crippen MR) is 142 cm³/mol.